The number of hydrogen-bond acceptors (Lipinski definition) is 7. The monoisotopic (exact) mass is 384 g/mol. The van der Waals surface area contributed by atoms with Gasteiger partial charge in [-0.25, -0.2) is 14.8 Å². The van der Waals surface area contributed by atoms with Gasteiger partial charge >= 0.3 is 5.97 Å². The lowest BCUT2D eigenvalue weighted by molar-refractivity contribution is -0.139. The van der Waals surface area contributed by atoms with Crippen molar-refractivity contribution in [1.29, 1.82) is 0 Å². The van der Waals surface area contributed by atoms with Gasteiger partial charge in [0.25, 0.3) is 11.1 Å². The number of nitrogens with zero attached hydrogens (tertiary/aromatic N) is 3. The van der Waals surface area contributed by atoms with E-state index in [0.717, 1.165) is 35.6 Å². The summed E-state index contributed by atoms with van der Waals surface area (Å²) < 4.78 is 0. The van der Waals surface area contributed by atoms with E-state index < -0.39 is 23.2 Å². The molecule has 2 aliphatic rings. The highest BCUT2D eigenvalue weighted by molar-refractivity contribution is 8.18. The number of aliphatic carboxylic acids is 1. The van der Waals surface area contributed by atoms with E-state index in [-0.39, 0.29) is 0 Å². The number of imide groups is 1. The van der Waals surface area contributed by atoms with Gasteiger partial charge in [0.2, 0.25) is 0 Å². The van der Waals surface area contributed by atoms with E-state index in [9.17, 15) is 19.5 Å². The third-order valence-corrected chi connectivity index (χ3v) is 5.45. The molecule has 2 amide bonds. The first-order valence-corrected chi connectivity index (χ1v) is 9.33. The molecule has 0 spiro atoms. The van der Waals surface area contributed by atoms with Crippen LogP contribution in [0.25, 0.3) is 17.0 Å². The average molecular weight is 384 g/mol. The fourth-order valence-corrected chi connectivity index (χ4v) is 4.08. The fourth-order valence-electron chi connectivity index (χ4n) is 3.39. The normalized spacial score (nSPS) is 21.7. The molecule has 9 heteroatoms. The summed E-state index contributed by atoms with van der Waals surface area (Å²) >= 11 is 0.853. The van der Waals surface area contributed by atoms with Crippen LogP contribution >= 0.6 is 11.8 Å². The topological polar surface area (TPSA) is 112 Å². The van der Waals surface area contributed by atoms with Gasteiger partial charge in [0.05, 0.1) is 10.4 Å². The minimum atomic E-state index is -0.864. The van der Waals surface area contributed by atoms with Crippen LogP contribution in [0.1, 0.15) is 24.8 Å². The number of hydrogen-bond donors (Lipinski definition) is 2. The molecule has 2 fully saturated rings. The highest BCUT2D eigenvalue weighted by Crippen LogP contribution is 2.31. The first kappa shape index (κ1) is 17.5. The number of aromatic nitrogens is 2. The molecule has 1 aromatic carbocycles. The lowest BCUT2D eigenvalue weighted by Gasteiger charge is -2.34. The van der Waals surface area contributed by atoms with Crippen molar-refractivity contribution in [2.24, 2.45) is 0 Å². The number of carboxylic acid groups (broad SMARTS) is 1. The number of rotatable bonds is 3. The Morgan fingerprint density at radius 2 is 2.15 bits per heavy atom. The first-order chi connectivity index (χ1) is 13.0. The van der Waals surface area contributed by atoms with Crippen molar-refractivity contribution in [2.75, 3.05) is 11.4 Å². The van der Waals surface area contributed by atoms with Crippen molar-refractivity contribution in [1.82, 2.24) is 15.3 Å². The zero-order chi connectivity index (χ0) is 19.0. The van der Waals surface area contributed by atoms with Gasteiger partial charge in [-0.05, 0) is 54.8 Å². The molecule has 0 saturated carbocycles. The standard InChI is InChI=1S/C18H16N4O4S/c23-16-14(27-18(26)21-16)8-10-4-5-12-11(7-10)15(20-9-19-12)22-6-2-1-3-13(22)17(24)25/h4-5,7-9,13H,1-3,6H2,(H,24,25)(H,21,23,26). The van der Waals surface area contributed by atoms with E-state index in [4.69, 9.17) is 0 Å². The second-order valence-electron chi connectivity index (χ2n) is 6.37. The second kappa shape index (κ2) is 6.99. The quantitative estimate of drug-likeness (QED) is 0.776. The number of fused-ring (bicyclic) bond motifs is 1. The molecule has 0 radical (unpaired) electrons. The number of nitrogens with one attached hydrogen (secondary N) is 1. The molecular weight excluding hydrogens is 368 g/mol. The summed E-state index contributed by atoms with van der Waals surface area (Å²) in [6, 6.07) is 4.80. The maximum absolute atomic E-state index is 11.8. The molecule has 27 heavy (non-hydrogen) atoms. The summed E-state index contributed by atoms with van der Waals surface area (Å²) in [5, 5.41) is 12.1. The van der Waals surface area contributed by atoms with Crippen LogP contribution in [0.2, 0.25) is 0 Å². The summed E-state index contributed by atoms with van der Waals surface area (Å²) in [6.07, 6.45) is 5.41. The Morgan fingerprint density at radius 3 is 2.89 bits per heavy atom. The molecule has 1 atom stereocenters. The predicted octanol–water partition coefficient (Wildman–Crippen LogP) is 2.40. The van der Waals surface area contributed by atoms with Crippen molar-refractivity contribution in [2.45, 2.75) is 25.3 Å². The van der Waals surface area contributed by atoms with Crippen LogP contribution in [-0.4, -0.2) is 44.8 Å². The van der Waals surface area contributed by atoms with E-state index in [1.54, 1.807) is 18.2 Å². The smallest absolute Gasteiger partial charge is 0.326 e. The number of anilines is 1. The van der Waals surface area contributed by atoms with Gasteiger partial charge in [0.1, 0.15) is 18.2 Å². The van der Waals surface area contributed by atoms with Gasteiger partial charge in [-0.15, -0.1) is 0 Å². The number of thioether (sulfide) groups is 1. The summed E-state index contributed by atoms with van der Waals surface area (Å²) in [6.45, 7) is 0.612. The van der Waals surface area contributed by atoms with Gasteiger partial charge in [0.15, 0.2) is 0 Å². The van der Waals surface area contributed by atoms with Crippen LogP contribution in [0.4, 0.5) is 10.6 Å². The zero-order valence-corrected chi connectivity index (χ0v) is 15.0. The molecule has 1 aromatic heterocycles. The van der Waals surface area contributed by atoms with Crippen LogP contribution in [-0.2, 0) is 9.59 Å². The maximum atomic E-state index is 11.8. The van der Waals surface area contributed by atoms with E-state index in [0.29, 0.717) is 29.2 Å². The Hall–Kier alpha value is -2.94. The first-order valence-electron chi connectivity index (χ1n) is 8.52. The predicted molar refractivity (Wildman–Crippen MR) is 101 cm³/mol. The van der Waals surface area contributed by atoms with Crippen LogP contribution < -0.4 is 10.2 Å². The van der Waals surface area contributed by atoms with E-state index >= 15 is 0 Å². The van der Waals surface area contributed by atoms with E-state index in [2.05, 4.69) is 15.3 Å². The van der Waals surface area contributed by atoms with Crippen LogP contribution in [0.5, 0.6) is 0 Å². The van der Waals surface area contributed by atoms with Crippen LogP contribution in [0.3, 0.4) is 0 Å². The molecule has 2 saturated heterocycles. The third kappa shape index (κ3) is 3.37. The Bertz CT molecular complexity index is 990. The second-order valence-corrected chi connectivity index (χ2v) is 7.38. The number of piperidine rings is 1. The molecule has 8 nitrogen and oxygen atoms in total. The van der Waals surface area contributed by atoms with E-state index in [1.165, 1.54) is 6.33 Å². The van der Waals surface area contributed by atoms with Crippen molar-refractivity contribution in [3.63, 3.8) is 0 Å². The lowest BCUT2D eigenvalue weighted by Crippen LogP contribution is -2.45. The van der Waals surface area contributed by atoms with Gasteiger partial charge in [-0.3, -0.25) is 14.9 Å². The van der Waals surface area contributed by atoms with Crippen LogP contribution in [0.15, 0.2) is 29.4 Å². The number of carbonyl (C=O) groups excluding carboxylic acids is 2. The van der Waals surface area contributed by atoms with Crippen molar-refractivity contribution in [3.8, 4) is 0 Å². The third-order valence-electron chi connectivity index (χ3n) is 4.64. The van der Waals surface area contributed by atoms with E-state index in [1.807, 2.05) is 11.0 Å². The van der Waals surface area contributed by atoms with Crippen molar-refractivity contribution >= 4 is 51.7 Å². The summed E-state index contributed by atoms with van der Waals surface area (Å²) in [5.41, 5.74) is 1.41. The number of carboxylic acids is 1. The van der Waals surface area contributed by atoms with Gasteiger partial charge in [-0.1, -0.05) is 6.07 Å². The fraction of sp³-hybridized carbons (Fsp3) is 0.278. The highest BCUT2D eigenvalue weighted by atomic mass is 32.2. The summed E-state index contributed by atoms with van der Waals surface area (Å²) in [7, 11) is 0. The molecular formula is C18H16N4O4S. The number of benzene rings is 1. The number of amides is 2. The Labute approximate surface area is 158 Å². The summed E-state index contributed by atoms with van der Waals surface area (Å²) in [5.74, 6) is -0.708. The Balaban J connectivity index is 1.78. The largest absolute Gasteiger partial charge is 0.480 e. The van der Waals surface area contributed by atoms with Gasteiger partial charge in [0, 0.05) is 11.9 Å². The molecule has 1 unspecified atom stereocenters. The zero-order valence-electron chi connectivity index (χ0n) is 14.2. The van der Waals surface area contributed by atoms with Crippen LogP contribution in [0, 0.1) is 0 Å². The molecule has 3 heterocycles. The average Bonchev–Trinajstić information content (AvgIpc) is 2.98. The number of carbonyl (C=O) groups is 3. The molecule has 0 bridgehead atoms. The summed E-state index contributed by atoms with van der Waals surface area (Å²) in [4.78, 5) is 45.5. The molecule has 138 valence electrons. The molecule has 2 N–H and O–H groups in total. The molecule has 4 rings (SSSR count). The minimum absolute atomic E-state index is 0.319. The minimum Gasteiger partial charge on any atom is -0.480 e. The lowest BCUT2D eigenvalue weighted by atomic mass is 10.0. The van der Waals surface area contributed by atoms with Gasteiger partial charge in [-0.2, -0.15) is 0 Å². The Kier molecular flexibility index (Phi) is 4.53. The maximum Gasteiger partial charge on any atom is 0.326 e. The Morgan fingerprint density at radius 1 is 1.30 bits per heavy atom. The van der Waals surface area contributed by atoms with Crippen molar-refractivity contribution < 1.29 is 19.5 Å². The molecule has 0 aliphatic carbocycles. The highest BCUT2D eigenvalue weighted by Gasteiger charge is 2.30. The molecule has 2 aromatic rings. The van der Waals surface area contributed by atoms with Gasteiger partial charge < -0.3 is 10.0 Å². The molecule has 2 aliphatic heterocycles. The SMILES string of the molecule is O=C1NC(=O)C(=Cc2ccc3ncnc(N4CCCCC4C(=O)O)c3c2)S1. The van der Waals surface area contributed by atoms with Crippen molar-refractivity contribution in [3.05, 3.63) is 35.0 Å².